The number of ether oxygens (including phenoxy) is 1. The number of urea groups is 1. The van der Waals surface area contributed by atoms with Crippen LogP contribution in [0.1, 0.15) is 52.4 Å². The molecule has 0 aromatic rings. The maximum atomic E-state index is 12.8. The van der Waals surface area contributed by atoms with Crippen LogP contribution >= 0.6 is 0 Å². The summed E-state index contributed by atoms with van der Waals surface area (Å²) in [5.41, 5.74) is -1.91. The summed E-state index contributed by atoms with van der Waals surface area (Å²) in [5, 5.41) is 14.6. The van der Waals surface area contributed by atoms with Crippen LogP contribution in [-0.2, 0) is 19.1 Å². The third-order valence-corrected chi connectivity index (χ3v) is 6.18. The van der Waals surface area contributed by atoms with Crippen LogP contribution in [0, 0.1) is 23.2 Å². The standard InChI is InChI=1S/C19H26N4O5/c1-12-5-3-4-8-19(12)16(26)23(17(27)22-19)9-15(25)28-10-14(24)21-18(2,11-20)13-6-7-13/h12-13H,3-10H2,1-2H3,(H,21,24)(H,22,27)/t12-,18-,19+/m0/s1. The molecule has 3 aliphatic rings. The average molecular weight is 390 g/mol. The molecule has 3 atom stereocenters. The summed E-state index contributed by atoms with van der Waals surface area (Å²) in [6.45, 7) is 2.47. The van der Waals surface area contributed by atoms with E-state index in [2.05, 4.69) is 16.7 Å². The van der Waals surface area contributed by atoms with Crippen LogP contribution in [0.5, 0.6) is 0 Å². The number of hydrogen-bond acceptors (Lipinski definition) is 6. The van der Waals surface area contributed by atoms with Crippen molar-refractivity contribution in [3.05, 3.63) is 0 Å². The van der Waals surface area contributed by atoms with Gasteiger partial charge in [-0.25, -0.2) is 4.79 Å². The van der Waals surface area contributed by atoms with E-state index in [9.17, 15) is 24.4 Å². The smallest absolute Gasteiger partial charge is 0.326 e. The number of imide groups is 1. The van der Waals surface area contributed by atoms with Crippen LogP contribution in [-0.4, -0.2) is 52.9 Å². The van der Waals surface area contributed by atoms with Gasteiger partial charge in [0.15, 0.2) is 6.61 Å². The lowest BCUT2D eigenvalue weighted by atomic mass is 9.73. The van der Waals surface area contributed by atoms with Crippen LogP contribution in [0.25, 0.3) is 0 Å². The van der Waals surface area contributed by atoms with Gasteiger partial charge in [0.1, 0.15) is 17.6 Å². The summed E-state index contributed by atoms with van der Waals surface area (Å²) in [5.74, 6) is -1.73. The van der Waals surface area contributed by atoms with Gasteiger partial charge in [-0.3, -0.25) is 19.3 Å². The van der Waals surface area contributed by atoms with E-state index in [4.69, 9.17) is 4.74 Å². The van der Waals surface area contributed by atoms with E-state index in [-0.39, 0.29) is 11.8 Å². The number of hydrogen-bond donors (Lipinski definition) is 2. The molecule has 3 rings (SSSR count). The molecule has 0 aromatic carbocycles. The highest BCUT2D eigenvalue weighted by Crippen LogP contribution is 2.39. The van der Waals surface area contributed by atoms with Gasteiger partial charge in [0.25, 0.3) is 11.8 Å². The van der Waals surface area contributed by atoms with E-state index in [1.54, 1.807) is 6.92 Å². The van der Waals surface area contributed by atoms with Gasteiger partial charge < -0.3 is 15.4 Å². The number of esters is 1. The van der Waals surface area contributed by atoms with Crippen LogP contribution < -0.4 is 10.6 Å². The van der Waals surface area contributed by atoms with Crippen molar-refractivity contribution in [2.45, 2.75) is 63.5 Å². The lowest BCUT2D eigenvalue weighted by Crippen LogP contribution is -2.54. The highest BCUT2D eigenvalue weighted by Gasteiger charge is 2.55. The number of rotatable bonds is 6. The fourth-order valence-electron chi connectivity index (χ4n) is 4.17. The Labute approximate surface area is 163 Å². The largest absolute Gasteiger partial charge is 0.454 e. The second-order valence-electron chi connectivity index (χ2n) is 8.24. The molecular weight excluding hydrogens is 364 g/mol. The van der Waals surface area contributed by atoms with E-state index in [0.717, 1.165) is 37.0 Å². The van der Waals surface area contributed by atoms with Crippen molar-refractivity contribution in [2.75, 3.05) is 13.2 Å². The summed E-state index contributed by atoms with van der Waals surface area (Å²) >= 11 is 0. The Morgan fingerprint density at radius 1 is 1.36 bits per heavy atom. The monoisotopic (exact) mass is 390 g/mol. The molecule has 9 heteroatoms. The predicted molar refractivity (Wildman–Crippen MR) is 96.5 cm³/mol. The molecule has 0 unspecified atom stereocenters. The minimum absolute atomic E-state index is 0.00409. The van der Waals surface area contributed by atoms with Crippen LogP contribution in [0.15, 0.2) is 0 Å². The Hall–Kier alpha value is -2.63. The predicted octanol–water partition coefficient (Wildman–Crippen LogP) is 0.839. The lowest BCUT2D eigenvalue weighted by molar-refractivity contribution is -0.151. The van der Waals surface area contributed by atoms with Crippen molar-refractivity contribution in [1.29, 1.82) is 5.26 Å². The SMILES string of the molecule is C[C@H]1CCCC[C@@]12NC(=O)N(CC(=O)OCC(=O)N[C@@](C)(C#N)C1CC1)C2=O. The third kappa shape index (κ3) is 3.68. The minimum atomic E-state index is -0.974. The normalized spacial score (nSPS) is 29.0. The Morgan fingerprint density at radius 3 is 2.68 bits per heavy atom. The second-order valence-corrected chi connectivity index (χ2v) is 8.24. The van der Waals surface area contributed by atoms with Crippen molar-refractivity contribution in [1.82, 2.24) is 15.5 Å². The summed E-state index contributed by atoms with van der Waals surface area (Å²) < 4.78 is 4.92. The third-order valence-electron chi connectivity index (χ3n) is 6.18. The molecule has 2 aliphatic carbocycles. The highest BCUT2D eigenvalue weighted by molar-refractivity contribution is 6.09. The first-order valence-corrected chi connectivity index (χ1v) is 9.74. The van der Waals surface area contributed by atoms with E-state index < -0.39 is 48.0 Å². The van der Waals surface area contributed by atoms with Gasteiger partial charge in [0.05, 0.1) is 6.07 Å². The Balaban J connectivity index is 1.52. The second kappa shape index (κ2) is 7.41. The minimum Gasteiger partial charge on any atom is -0.454 e. The summed E-state index contributed by atoms with van der Waals surface area (Å²) in [7, 11) is 0. The molecule has 0 aromatic heterocycles. The molecule has 1 saturated heterocycles. The zero-order valence-corrected chi connectivity index (χ0v) is 16.2. The highest BCUT2D eigenvalue weighted by atomic mass is 16.5. The molecule has 4 amide bonds. The van der Waals surface area contributed by atoms with Gasteiger partial charge in [0, 0.05) is 0 Å². The number of amides is 4. The number of carbonyl (C=O) groups is 4. The molecule has 2 saturated carbocycles. The quantitative estimate of drug-likeness (QED) is 0.511. The van der Waals surface area contributed by atoms with Crippen LogP contribution in [0.2, 0.25) is 0 Å². The zero-order chi connectivity index (χ0) is 20.5. The van der Waals surface area contributed by atoms with Gasteiger partial charge in [-0.05, 0) is 44.4 Å². The van der Waals surface area contributed by atoms with E-state index in [1.165, 1.54) is 0 Å². The van der Waals surface area contributed by atoms with E-state index in [1.807, 2.05) is 6.92 Å². The van der Waals surface area contributed by atoms with Crippen molar-refractivity contribution in [2.24, 2.45) is 11.8 Å². The van der Waals surface area contributed by atoms with Gasteiger partial charge >= 0.3 is 12.0 Å². The van der Waals surface area contributed by atoms with Crippen molar-refractivity contribution in [3.63, 3.8) is 0 Å². The number of nitrogens with zero attached hydrogens (tertiary/aromatic N) is 2. The molecular formula is C19H26N4O5. The van der Waals surface area contributed by atoms with E-state index >= 15 is 0 Å². The molecule has 0 radical (unpaired) electrons. The van der Waals surface area contributed by atoms with Gasteiger partial charge in [-0.2, -0.15) is 5.26 Å². The molecule has 1 heterocycles. The van der Waals surface area contributed by atoms with Gasteiger partial charge in [-0.15, -0.1) is 0 Å². The molecule has 1 spiro atoms. The summed E-state index contributed by atoms with van der Waals surface area (Å²) in [6.07, 6.45) is 4.98. The summed E-state index contributed by atoms with van der Waals surface area (Å²) in [6, 6.07) is 1.48. The maximum Gasteiger partial charge on any atom is 0.326 e. The van der Waals surface area contributed by atoms with Crippen LogP contribution in [0.3, 0.4) is 0 Å². The molecule has 152 valence electrons. The van der Waals surface area contributed by atoms with Crippen molar-refractivity contribution >= 4 is 23.8 Å². The first-order valence-electron chi connectivity index (χ1n) is 9.74. The Bertz CT molecular complexity index is 743. The molecule has 0 bridgehead atoms. The van der Waals surface area contributed by atoms with Crippen LogP contribution in [0.4, 0.5) is 4.79 Å². The number of nitrogens with one attached hydrogen (secondary N) is 2. The van der Waals surface area contributed by atoms with E-state index in [0.29, 0.717) is 6.42 Å². The Kier molecular flexibility index (Phi) is 5.33. The molecule has 28 heavy (non-hydrogen) atoms. The topological polar surface area (TPSA) is 129 Å². The maximum absolute atomic E-state index is 12.8. The average Bonchev–Trinajstić information content (AvgIpc) is 3.48. The fraction of sp³-hybridized carbons (Fsp3) is 0.737. The van der Waals surface area contributed by atoms with Crippen molar-refractivity contribution in [3.8, 4) is 6.07 Å². The first-order chi connectivity index (χ1) is 13.2. The molecule has 9 nitrogen and oxygen atoms in total. The summed E-state index contributed by atoms with van der Waals surface area (Å²) in [4.78, 5) is 50.0. The molecule has 2 N–H and O–H groups in total. The Morgan fingerprint density at radius 2 is 2.07 bits per heavy atom. The molecule has 1 aliphatic heterocycles. The number of nitriles is 1. The lowest BCUT2D eigenvalue weighted by Gasteiger charge is -2.36. The van der Waals surface area contributed by atoms with Crippen molar-refractivity contribution < 1.29 is 23.9 Å². The zero-order valence-electron chi connectivity index (χ0n) is 16.2. The first kappa shape index (κ1) is 20.1. The number of carbonyl (C=O) groups excluding carboxylic acids is 4. The van der Waals surface area contributed by atoms with Gasteiger partial charge in [-0.1, -0.05) is 19.8 Å². The molecule has 3 fully saturated rings. The fourth-order valence-corrected chi connectivity index (χ4v) is 4.17. The van der Waals surface area contributed by atoms with Gasteiger partial charge in [0.2, 0.25) is 0 Å².